The maximum absolute atomic E-state index is 12.0. The van der Waals surface area contributed by atoms with Crippen molar-refractivity contribution in [2.45, 2.75) is 5.60 Å². The van der Waals surface area contributed by atoms with E-state index in [-0.39, 0.29) is 0 Å². The van der Waals surface area contributed by atoms with E-state index >= 15 is 0 Å². The van der Waals surface area contributed by atoms with E-state index in [1.165, 1.54) is 0 Å². The zero-order valence-corrected chi connectivity index (χ0v) is 14.3. The van der Waals surface area contributed by atoms with Gasteiger partial charge < -0.3 is 5.11 Å². The molecule has 1 N–H and O–H groups in total. The third-order valence-corrected chi connectivity index (χ3v) is 4.69. The number of hydrogen-bond donors (Lipinski definition) is 1. The monoisotopic (exact) mass is 337 g/mol. The second kappa shape index (κ2) is 6.95. The quantitative estimate of drug-likeness (QED) is 0.566. The van der Waals surface area contributed by atoms with Gasteiger partial charge >= 0.3 is 0 Å². The summed E-state index contributed by atoms with van der Waals surface area (Å²) >= 11 is 0. The van der Waals surface area contributed by atoms with Crippen LogP contribution >= 0.6 is 0 Å². The summed E-state index contributed by atoms with van der Waals surface area (Å²) in [5, 5.41) is 12.0. The van der Waals surface area contributed by atoms with Crippen molar-refractivity contribution in [3.63, 3.8) is 0 Å². The van der Waals surface area contributed by atoms with E-state index in [1.54, 1.807) is 12.4 Å². The molecule has 0 aliphatic heterocycles. The Kier molecular flexibility index (Phi) is 4.34. The smallest absolute Gasteiger partial charge is 0.141 e. The first-order valence-electron chi connectivity index (χ1n) is 8.63. The van der Waals surface area contributed by atoms with Gasteiger partial charge in [-0.2, -0.15) is 0 Å². The molecule has 0 radical (unpaired) electrons. The minimum Gasteiger partial charge on any atom is -0.376 e. The Morgan fingerprint density at radius 2 is 1.12 bits per heavy atom. The molecule has 0 amide bonds. The molecule has 4 aromatic rings. The molecule has 0 saturated carbocycles. The Morgan fingerprint density at radius 1 is 0.577 bits per heavy atom. The summed E-state index contributed by atoms with van der Waals surface area (Å²) in [5.74, 6) is 0. The van der Waals surface area contributed by atoms with Gasteiger partial charge in [-0.3, -0.25) is 4.98 Å². The van der Waals surface area contributed by atoms with Gasteiger partial charge in [0.15, 0.2) is 0 Å². The van der Waals surface area contributed by atoms with Crippen molar-refractivity contribution in [2.24, 2.45) is 0 Å². The number of rotatable bonds is 4. The molecule has 0 spiro atoms. The lowest BCUT2D eigenvalue weighted by molar-refractivity contribution is 0.126. The maximum Gasteiger partial charge on any atom is 0.141 e. The Balaban J connectivity index is 2.01. The highest BCUT2D eigenvalue weighted by Gasteiger charge is 2.35. The van der Waals surface area contributed by atoms with Gasteiger partial charge in [-0.1, -0.05) is 84.9 Å². The minimum atomic E-state index is -1.27. The Hall–Kier alpha value is -3.23. The maximum atomic E-state index is 12.0. The van der Waals surface area contributed by atoms with Crippen LogP contribution < -0.4 is 0 Å². The molecule has 0 fully saturated rings. The summed E-state index contributed by atoms with van der Waals surface area (Å²) < 4.78 is 0. The van der Waals surface area contributed by atoms with E-state index in [2.05, 4.69) is 23.2 Å². The molecule has 1 atom stereocenters. The molecule has 2 heteroatoms. The highest BCUT2D eigenvalue weighted by molar-refractivity contribution is 5.71. The van der Waals surface area contributed by atoms with Crippen molar-refractivity contribution in [1.29, 1.82) is 0 Å². The van der Waals surface area contributed by atoms with Gasteiger partial charge in [-0.05, 0) is 34.4 Å². The van der Waals surface area contributed by atoms with E-state index < -0.39 is 5.60 Å². The number of aliphatic hydroxyl groups is 1. The van der Waals surface area contributed by atoms with Crippen LogP contribution in [0.15, 0.2) is 109 Å². The van der Waals surface area contributed by atoms with Crippen LogP contribution in [0.5, 0.6) is 0 Å². The van der Waals surface area contributed by atoms with Gasteiger partial charge in [-0.25, -0.2) is 0 Å². The summed E-state index contributed by atoms with van der Waals surface area (Å²) in [6.45, 7) is 0. The van der Waals surface area contributed by atoms with Gasteiger partial charge in [-0.15, -0.1) is 0 Å². The second-order valence-corrected chi connectivity index (χ2v) is 6.22. The van der Waals surface area contributed by atoms with Crippen LogP contribution in [0.4, 0.5) is 0 Å². The molecule has 1 heterocycles. The van der Waals surface area contributed by atoms with Crippen LogP contribution in [0, 0.1) is 0 Å². The molecule has 4 rings (SSSR count). The Morgan fingerprint density at radius 3 is 1.81 bits per heavy atom. The molecule has 2 nitrogen and oxygen atoms in total. The molecule has 26 heavy (non-hydrogen) atoms. The number of hydrogen-bond acceptors (Lipinski definition) is 2. The highest BCUT2D eigenvalue weighted by Crippen LogP contribution is 2.41. The van der Waals surface area contributed by atoms with E-state index in [1.807, 2.05) is 78.9 Å². The van der Waals surface area contributed by atoms with Gasteiger partial charge in [0.25, 0.3) is 0 Å². The third kappa shape index (κ3) is 2.81. The first kappa shape index (κ1) is 16.2. The second-order valence-electron chi connectivity index (χ2n) is 6.22. The van der Waals surface area contributed by atoms with Crippen molar-refractivity contribution < 1.29 is 5.11 Å². The molecular weight excluding hydrogens is 318 g/mol. The molecular formula is C24H19NO. The average molecular weight is 337 g/mol. The van der Waals surface area contributed by atoms with Gasteiger partial charge in [0.1, 0.15) is 5.60 Å². The van der Waals surface area contributed by atoms with Crippen LogP contribution in [-0.4, -0.2) is 10.1 Å². The topological polar surface area (TPSA) is 33.1 Å². The molecule has 0 aliphatic rings. The SMILES string of the molecule is OC(c1ccccc1)(c1ccncc1)c1ccccc1-c1ccccc1. The average Bonchev–Trinajstić information content (AvgIpc) is 2.75. The first-order chi connectivity index (χ1) is 12.8. The van der Waals surface area contributed by atoms with E-state index in [0.717, 1.165) is 27.8 Å². The lowest BCUT2D eigenvalue weighted by atomic mass is 9.77. The van der Waals surface area contributed by atoms with Crippen LogP contribution in [0.3, 0.4) is 0 Å². The molecule has 1 unspecified atom stereocenters. The van der Waals surface area contributed by atoms with Crippen molar-refractivity contribution in [3.05, 3.63) is 126 Å². The lowest BCUT2D eigenvalue weighted by Gasteiger charge is -2.32. The fraction of sp³-hybridized carbons (Fsp3) is 0.0417. The zero-order valence-electron chi connectivity index (χ0n) is 14.3. The third-order valence-electron chi connectivity index (χ3n) is 4.69. The summed E-state index contributed by atoms with van der Waals surface area (Å²) in [5.41, 5.74) is 3.29. The highest BCUT2D eigenvalue weighted by atomic mass is 16.3. The summed E-state index contributed by atoms with van der Waals surface area (Å²) in [6.07, 6.45) is 3.43. The van der Waals surface area contributed by atoms with Gasteiger partial charge in [0.2, 0.25) is 0 Å². The molecule has 3 aromatic carbocycles. The summed E-state index contributed by atoms with van der Waals surface area (Å²) in [4.78, 5) is 4.12. The Labute approximate surface area is 153 Å². The largest absolute Gasteiger partial charge is 0.376 e. The summed E-state index contributed by atoms with van der Waals surface area (Å²) in [7, 11) is 0. The van der Waals surface area contributed by atoms with Gasteiger partial charge in [0.05, 0.1) is 0 Å². The van der Waals surface area contributed by atoms with E-state index in [9.17, 15) is 5.11 Å². The van der Waals surface area contributed by atoms with E-state index in [4.69, 9.17) is 0 Å². The van der Waals surface area contributed by atoms with Crippen LogP contribution in [0.2, 0.25) is 0 Å². The molecule has 0 saturated heterocycles. The normalized spacial score (nSPS) is 13.1. The van der Waals surface area contributed by atoms with Gasteiger partial charge in [0, 0.05) is 18.0 Å². The number of aromatic nitrogens is 1. The predicted octanol–water partition coefficient (Wildman–Crippen LogP) is 5.03. The van der Waals surface area contributed by atoms with Crippen LogP contribution in [-0.2, 0) is 5.60 Å². The standard InChI is InChI=1S/C24H19NO/c26-24(20-11-5-2-6-12-20,21-15-17-25-18-16-21)23-14-8-7-13-22(23)19-9-3-1-4-10-19/h1-18,26H. The summed E-state index contributed by atoms with van der Waals surface area (Å²) in [6, 6.07) is 31.7. The molecule has 1 aromatic heterocycles. The number of nitrogens with zero attached hydrogens (tertiary/aromatic N) is 1. The van der Waals surface area contributed by atoms with Crippen molar-refractivity contribution in [2.75, 3.05) is 0 Å². The Bertz CT molecular complexity index is 943. The minimum absolute atomic E-state index is 0.794. The van der Waals surface area contributed by atoms with Crippen molar-refractivity contribution in [3.8, 4) is 11.1 Å². The fourth-order valence-electron chi connectivity index (χ4n) is 3.42. The predicted molar refractivity (Wildman–Crippen MR) is 105 cm³/mol. The molecule has 0 aliphatic carbocycles. The van der Waals surface area contributed by atoms with E-state index in [0.29, 0.717) is 0 Å². The first-order valence-corrected chi connectivity index (χ1v) is 8.63. The number of benzene rings is 3. The van der Waals surface area contributed by atoms with Crippen LogP contribution in [0.1, 0.15) is 16.7 Å². The van der Waals surface area contributed by atoms with Crippen molar-refractivity contribution >= 4 is 0 Å². The fourth-order valence-corrected chi connectivity index (χ4v) is 3.42. The molecule has 0 bridgehead atoms. The van der Waals surface area contributed by atoms with Crippen molar-refractivity contribution in [1.82, 2.24) is 4.98 Å². The molecule has 126 valence electrons. The lowest BCUT2D eigenvalue weighted by Crippen LogP contribution is -2.29. The zero-order chi connectivity index (χ0) is 17.8. The number of pyridine rings is 1. The van der Waals surface area contributed by atoms with Crippen LogP contribution in [0.25, 0.3) is 11.1 Å².